The number of nitrogens with two attached hydrogens (primary N) is 2. The van der Waals surface area contributed by atoms with Crippen molar-refractivity contribution in [3.05, 3.63) is 0 Å². The lowest BCUT2D eigenvalue weighted by Crippen LogP contribution is -2.58. The van der Waals surface area contributed by atoms with Gasteiger partial charge in [0, 0.05) is 12.8 Å². The summed E-state index contributed by atoms with van der Waals surface area (Å²) in [4.78, 5) is 125. The summed E-state index contributed by atoms with van der Waals surface area (Å²) in [5.41, 5.74) is 11.0. The number of amides is 8. The largest absolute Gasteiger partial charge is 0.481 e. The van der Waals surface area contributed by atoms with Crippen LogP contribution in [0.1, 0.15) is 93.4 Å². The van der Waals surface area contributed by atoms with Gasteiger partial charge in [-0.25, -0.2) is 4.79 Å². The molecule has 0 aromatic carbocycles. The average Bonchev–Trinajstić information content (AvgIpc) is 3.10. The second kappa shape index (κ2) is 26.5. The number of carbonyl (C=O) groups is 10. The van der Waals surface area contributed by atoms with Crippen molar-refractivity contribution in [1.29, 1.82) is 0 Å². The Bertz CT molecular complexity index is 1460. The van der Waals surface area contributed by atoms with E-state index >= 15 is 0 Å². The monoisotopic (exact) mass is 829 g/mol. The van der Waals surface area contributed by atoms with E-state index in [4.69, 9.17) is 11.5 Å². The van der Waals surface area contributed by atoms with Gasteiger partial charge in [-0.3, -0.25) is 43.2 Å². The molecule has 330 valence electrons. The van der Waals surface area contributed by atoms with Crippen molar-refractivity contribution in [2.24, 2.45) is 29.2 Å². The van der Waals surface area contributed by atoms with Gasteiger partial charge in [0.05, 0.1) is 19.2 Å². The van der Waals surface area contributed by atoms with Crippen LogP contribution in [0, 0.1) is 17.8 Å². The molecule has 0 aliphatic rings. The van der Waals surface area contributed by atoms with Crippen LogP contribution < -0.4 is 48.7 Å². The molecule has 0 rings (SSSR count). The van der Waals surface area contributed by atoms with Crippen molar-refractivity contribution in [3.63, 3.8) is 0 Å². The van der Waals surface area contributed by atoms with Gasteiger partial charge in [0.2, 0.25) is 47.3 Å². The van der Waals surface area contributed by atoms with Gasteiger partial charge in [0.25, 0.3) is 0 Å². The molecule has 0 spiro atoms. The number of carboxylic acids is 2. The molecule has 7 atom stereocenters. The molecule has 0 saturated carbocycles. The number of nitrogens with one attached hydrogen (secondary N) is 7. The maximum absolute atomic E-state index is 13.4. The summed E-state index contributed by atoms with van der Waals surface area (Å²) >= 11 is 0. The molecule has 22 nitrogen and oxygen atoms in total. The zero-order valence-electron chi connectivity index (χ0n) is 34.2. The molecule has 0 aromatic heterocycles. The molecule has 0 bridgehead atoms. The smallest absolute Gasteiger partial charge is 0.326 e. The van der Waals surface area contributed by atoms with Gasteiger partial charge in [-0.1, -0.05) is 41.5 Å². The minimum absolute atomic E-state index is 0.00970. The Balaban J connectivity index is 5.75. The number of hydrogen-bond acceptors (Lipinski definition) is 12. The van der Waals surface area contributed by atoms with E-state index in [-0.39, 0.29) is 43.4 Å². The highest BCUT2D eigenvalue weighted by atomic mass is 16.4. The Kier molecular flexibility index (Phi) is 24.1. The number of carboxylic acid groups (broad SMARTS) is 2. The van der Waals surface area contributed by atoms with Gasteiger partial charge >= 0.3 is 11.9 Å². The van der Waals surface area contributed by atoms with Crippen molar-refractivity contribution in [1.82, 2.24) is 37.2 Å². The van der Waals surface area contributed by atoms with Crippen LogP contribution in [0.5, 0.6) is 0 Å². The highest BCUT2D eigenvalue weighted by Crippen LogP contribution is 2.10. The van der Waals surface area contributed by atoms with Crippen LogP contribution in [0.2, 0.25) is 0 Å². The average molecular weight is 830 g/mol. The second-order valence-electron chi connectivity index (χ2n) is 15.3. The Hall–Kier alpha value is -5.38. The van der Waals surface area contributed by atoms with E-state index in [2.05, 4.69) is 37.2 Å². The quantitative estimate of drug-likeness (QED) is 0.0368. The lowest BCUT2D eigenvalue weighted by atomic mass is 10.0. The van der Waals surface area contributed by atoms with Gasteiger partial charge in [0.1, 0.15) is 36.3 Å². The topological polar surface area (TPSA) is 368 Å². The fourth-order valence-electron chi connectivity index (χ4n) is 5.33. The molecule has 0 aliphatic carbocycles. The van der Waals surface area contributed by atoms with Crippen molar-refractivity contribution >= 4 is 59.2 Å². The van der Waals surface area contributed by atoms with E-state index in [1.807, 2.05) is 13.8 Å². The van der Waals surface area contributed by atoms with Gasteiger partial charge in [-0.2, -0.15) is 0 Å². The molecule has 0 fully saturated rings. The predicted octanol–water partition coefficient (Wildman–Crippen LogP) is -3.30. The van der Waals surface area contributed by atoms with E-state index < -0.39 is 127 Å². The third-order valence-corrected chi connectivity index (χ3v) is 8.33. The Labute approximate surface area is 337 Å². The summed E-state index contributed by atoms with van der Waals surface area (Å²) in [5, 5.41) is 45.0. The summed E-state index contributed by atoms with van der Waals surface area (Å²) in [6, 6.07) is -9.19. The Morgan fingerprint density at radius 1 is 0.517 bits per heavy atom. The predicted molar refractivity (Wildman–Crippen MR) is 207 cm³/mol. The molecule has 8 amide bonds. The normalized spacial score (nSPS) is 14.8. The summed E-state index contributed by atoms with van der Waals surface area (Å²) in [6.07, 6.45) is -1.20. The molecule has 58 heavy (non-hydrogen) atoms. The van der Waals surface area contributed by atoms with Crippen LogP contribution in [0.25, 0.3) is 0 Å². The van der Waals surface area contributed by atoms with Crippen molar-refractivity contribution in [3.8, 4) is 0 Å². The standard InChI is InChI=1S/C36H63N9O13/c1-17(2)12-21(37)31(52)40-20(7)30(51)44-24(13-18(3)4)33(54)42-22(9-11-29(49)50)32(53)39-15-28(48)41-26(16-46)35(56)45-25(14-19(5)6)34(55)43-23(36(57)58)8-10-27(38)47/h17-26,46H,8-16,37H2,1-7H3,(H2,38,47)(H,39,53)(H,40,52)(H,41,48)(H,42,54)(H,43,55)(H,44,51)(H,45,56)(H,49,50)(H,57,58)/t20-,21-,22-,23-,24-,25-,26-/m0/s1. The van der Waals surface area contributed by atoms with Crippen LogP contribution in [0.3, 0.4) is 0 Å². The van der Waals surface area contributed by atoms with Gasteiger partial charge < -0.3 is 64.0 Å². The third-order valence-electron chi connectivity index (χ3n) is 8.33. The SMILES string of the molecule is CC(C)C[C@H](NC(=O)[C@H](C)NC(=O)[C@@H](N)CC(C)C)C(=O)N[C@@H](CCC(=O)O)C(=O)NCC(=O)N[C@@H](CO)C(=O)N[C@@H](CC(C)C)C(=O)N[C@@H](CCC(N)=O)C(=O)O. The van der Waals surface area contributed by atoms with Crippen molar-refractivity contribution in [2.45, 2.75) is 136 Å². The zero-order chi connectivity index (χ0) is 44.9. The molecule has 0 aromatic rings. The maximum Gasteiger partial charge on any atom is 0.326 e. The number of aliphatic hydroxyl groups is 1. The van der Waals surface area contributed by atoms with Gasteiger partial charge in [-0.15, -0.1) is 0 Å². The Morgan fingerprint density at radius 3 is 1.41 bits per heavy atom. The molecule has 0 aliphatic heterocycles. The van der Waals surface area contributed by atoms with E-state index in [1.165, 1.54) is 6.92 Å². The Morgan fingerprint density at radius 2 is 0.966 bits per heavy atom. The highest BCUT2D eigenvalue weighted by molar-refractivity contribution is 5.97. The molecule has 0 radical (unpaired) electrons. The number of rotatable bonds is 28. The molecule has 0 heterocycles. The van der Waals surface area contributed by atoms with Crippen LogP contribution >= 0.6 is 0 Å². The third kappa shape index (κ3) is 21.8. The van der Waals surface area contributed by atoms with Gasteiger partial charge in [0.15, 0.2) is 0 Å². The number of hydrogen-bond donors (Lipinski definition) is 12. The second-order valence-corrected chi connectivity index (χ2v) is 15.3. The van der Waals surface area contributed by atoms with Gasteiger partial charge in [-0.05, 0) is 56.8 Å². The number of aliphatic carboxylic acids is 2. The molecular weight excluding hydrogens is 766 g/mol. The van der Waals surface area contributed by atoms with Crippen LogP contribution in [-0.4, -0.2) is 130 Å². The van der Waals surface area contributed by atoms with E-state index in [0.717, 1.165) is 0 Å². The summed E-state index contributed by atoms with van der Waals surface area (Å²) in [7, 11) is 0. The fourth-order valence-corrected chi connectivity index (χ4v) is 5.33. The minimum Gasteiger partial charge on any atom is -0.481 e. The molecular formula is C36H63N9O13. The van der Waals surface area contributed by atoms with Crippen molar-refractivity contribution in [2.75, 3.05) is 13.2 Å². The van der Waals surface area contributed by atoms with E-state index in [1.54, 1.807) is 27.7 Å². The van der Waals surface area contributed by atoms with E-state index in [9.17, 15) is 63.3 Å². The number of carbonyl (C=O) groups excluding carboxylic acids is 8. The number of aliphatic hydroxyl groups excluding tert-OH is 1. The molecule has 14 N–H and O–H groups in total. The fraction of sp³-hybridized carbons (Fsp3) is 0.722. The summed E-state index contributed by atoms with van der Waals surface area (Å²) < 4.78 is 0. The molecule has 22 heteroatoms. The number of primary amides is 1. The van der Waals surface area contributed by atoms with Crippen LogP contribution in [0.4, 0.5) is 0 Å². The van der Waals surface area contributed by atoms with Crippen LogP contribution in [-0.2, 0) is 47.9 Å². The first-order valence-electron chi connectivity index (χ1n) is 19.1. The lowest BCUT2D eigenvalue weighted by Gasteiger charge is -2.26. The minimum atomic E-state index is -1.65. The first-order chi connectivity index (χ1) is 26.9. The first-order valence-corrected chi connectivity index (χ1v) is 19.1. The summed E-state index contributed by atoms with van der Waals surface area (Å²) in [6.45, 7) is 10.3. The van der Waals surface area contributed by atoms with Crippen molar-refractivity contribution < 1.29 is 63.3 Å². The molecule has 0 unspecified atom stereocenters. The van der Waals surface area contributed by atoms with E-state index in [0.29, 0.717) is 6.42 Å². The van der Waals surface area contributed by atoms with Crippen LogP contribution in [0.15, 0.2) is 0 Å². The maximum atomic E-state index is 13.4. The summed E-state index contributed by atoms with van der Waals surface area (Å²) in [5.74, 6) is -9.89. The lowest BCUT2D eigenvalue weighted by molar-refractivity contribution is -0.143. The highest BCUT2D eigenvalue weighted by Gasteiger charge is 2.32. The zero-order valence-corrected chi connectivity index (χ0v) is 34.2. The first kappa shape index (κ1) is 52.6. The molecule has 0 saturated heterocycles.